The average Bonchev–Trinajstić information content (AvgIpc) is 3.07. The zero-order valence-corrected chi connectivity index (χ0v) is 17.9. The molecule has 0 unspecified atom stereocenters. The lowest BCUT2D eigenvalue weighted by Gasteiger charge is -2.30. The van der Waals surface area contributed by atoms with Gasteiger partial charge in [-0.15, -0.1) is 24.0 Å². The first-order chi connectivity index (χ1) is 12.3. The molecular formula is C20H28IN5. The second kappa shape index (κ2) is 10.4. The molecule has 1 N–H and O–H groups in total. The SMILES string of the molecule is CCNC(=NCCn1ccnc1C)N1CC=C(c2ccccc2)CC1.I. The van der Waals surface area contributed by atoms with Crippen LogP contribution in [0.3, 0.4) is 0 Å². The Morgan fingerprint density at radius 1 is 1.27 bits per heavy atom. The molecule has 0 amide bonds. The van der Waals surface area contributed by atoms with E-state index in [4.69, 9.17) is 4.99 Å². The highest BCUT2D eigenvalue weighted by Crippen LogP contribution is 2.21. The van der Waals surface area contributed by atoms with Crippen molar-refractivity contribution in [3.63, 3.8) is 0 Å². The molecule has 2 aromatic rings. The van der Waals surface area contributed by atoms with Gasteiger partial charge in [-0.1, -0.05) is 36.4 Å². The zero-order valence-electron chi connectivity index (χ0n) is 15.6. The van der Waals surface area contributed by atoms with Gasteiger partial charge in [0.25, 0.3) is 0 Å². The molecule has 0 spiro atoms. The summed E-state index contributed by atoms with van der Waals surface area (Å²) in [5.74, 6) is 2.04. The minimum Gasteiger partial charge on any atom is -0.357 e. The quantitative estimate of drug-likeness (QED) is 0.417. The van der Waals surface area contributed by atoms with Gasteiger partial charge in [0.1, 0.15) is 5.82 Å². The molecule has 1 aliphatic rings. The highest BCUT2D eigenvalue weighted by Gasteiger charge is 2.15. The maximum absolute atomic E-state index is 4.80. The highest BCUT2D eigenvalue weighted by atomic mass is 127. The molecule has 1 aromatic carbocycles. The number of hydrogen-bond donors (Lipinski definition) is 1. The van der Waals surface area contributed by atoms with E-state index in [2.05, 4.69) is 63.1 Å². The van der Waals surface area contributed by atoms with Gasteiger partial charge in [0.15, 0.2) is 5.96 Å². The number of nitrogens with one attached hydrogen (secondary N) is 1. The molecule has 26 heavy (non-hydrogen) atoms. The van der Waals surface area contributed by atoms with Crippen molar-refractivity contribution in [2.24, 2.45) is 4.99 Å². The lowest BCUT2D eigenvalue weighted by molar-refractivity contribution is 0.439. The van der Waals surface area contributed by atoms with Gasteiger partial charge < -0.3 is 14.8 Å². The summed E-state index contributed by atoms with van der Waals surface area (Å²) in [6.07, 6.45) is 7.22. The fraction of sp³-hybridized carbons (Fsp3) is 0.400. The normalized spacial score (nSPS) is 14.6. The Balaban J connectivity index is 0.00000243. The number of hydrogen-bond acceptors (Lipinski definition) is 2. The number of aryl methyl sites for hydroxylation is 1. The zero-order chi connectivity index (χ0) is 17.5. The molecule has 3 rings (SSSR count). The van der Waals surface area contributed by atoms with Gasteiger partial charge in [-0.25, -0.2) is 4.98 Å². The van der Waals surface area contributed by atoms with Crippen LogP contribution in [-0.2, 0) is 6.54 Å². The molecule has 140 valence electrons. The van der Waals surface area contributed by atoms with E-state index in [1.807, 2.05) is 19.3 Å². The van der Waals surface area contributed by atoms with E-state index in [0.717, 1.165) is 50.9 Å². The Kier molecular flexibility index (Phi) is 8.15. The van der Waals surface area contributed by atoms with Gasteiger partial charge in [0, 0.05) is 38.6 Å². The Morgan fingerprint density at radius 2 is 2.08 bits per heavy atom. The lowest BCUT2D eigenvalue weighted by Crippen LogP contribution is -2.43. The third kappa shape index (κ3) is 5.33. The van der Waals surface area contributed by atoms with Gasteiger partial charge in [-0.05, 0) is 31.4 Å². The number of guanidine groups is 1. The van der Waals surface area contributed by atoms with Crippen LogP contribution in [0, 0.1) is 6.92 Å². The number of halogens is 1. The molecule has 1 aromatic heterocycles. The van der Waals surface area contributed by atoms with Gasteiger partial charge in [0.05, 0.1) is 6.54 Å². The van der Waals surface area contributed by atoms with Gasteiger partial charge in [-0.3, -0.25) is 4.99 Å². The number of rotatable bonds is 5. The molecule has 6 heteroatoms. The summed E-state index contributed by atoms with van der Waals surface area (Å²) in [5.41, 5.74) is 2.77. The molecule has 0 saturated carbocycles. The van der Waals surface area contributed by atoms with Gasteiger partial charge >= 0.3 is 0 Å². The summed E-state index contributed by atoms with van der Waals surface area (Å²) >= 11 is 0. The Bertz CT molecular complexity index is 736. The van der Waals surface area contributed by atoms with Crippen LogP contribution >= 0.6 is 24.0 Å². The van der Waals surface area contributed by atoms with Crippen LogP contribution in [0.5, 0.6) is 0 Å². The van der Waals surface area contributed by atoms with E-state index in [9.17, 15) is 0 Å². The highest BCUT2D eigenvalue weighted by molar-refractivity contribution is 14.0. The molecule has 0 saturated heterocycles. The monoisotopic (exact) mass is 465 g/mol. The van der Waals surface area contributed by atoms with Crippen molar-refractivity contribution in [2.45, 2.75) is 26.8 Å². The molecular weight excluding hydrogens is 437 g/mol. The van der Waals surface area contributed by atoms with Crippen molar-refractivity contribution in [1.82, 2.24) is 19.8 Å². The van der Waals surface area contributed by atoms with Crippen molar-refractivity contribution in [3.8, 4) is 0 Å². The van der Waals surface area contributed by atoms with Crippen LogP contribution < -0.4 is 5.32 Å². The predicted octanol–water partition coefficient (Wildman–Crippen LogP) is 3.56. The molecule has 0 atom stereocenters. The first-order valence-electron chi connectivity index (χ1n) is 9.03. The number of aromatic nitrogens is 2. The minimum absolute atomic E-state index is 0. The van der Waals surface area contributed by atoms with Crippen LogP contribution in [0.15, 0.2) is 53.8 Å². The number of aliphatic imine (C=N–C) groups is 1. The Hall–Kier alpha value is -1.83. The maximum atomic E-state index is 4.80. The second-order valence-corrected chi connectivity index (χ2v) is 6.19. The van der Waals surface area contributed by atoms with E-state index in [-0.39, 0.29) is 24.0 Å². The van der Waals surface area contributed by atoms with E-state index in [0.29, 0.717) is 0 Å². The van der Waals surface area contributed by atoms with Gasteiger partial charge in [-0.2, -0.15) is 0 Å². The first kappa shape index (κ1) is 20.5. The summed E-state index contributed by atoms with van der Waals surface area (Å²) in [7, 11) is 0. The fourth-order valence-corrected chi connectivity index (χ4v) is 3.11. The molecule has 1 aliphatic heterocycles. The molecule has 0 radical (unpaired) electrons. The smallest absolute Gasteiger partial charge is 0.194 e. The predicted molar refractivity (Wildman–Crippen MR) is 119 cm³/mol. The van der Waals surface area contributed by atoms with Crippen LogP contribution in [0.1, 0.15) is 24.7 Å². The van der Waals surface area contributed by atoms with E-state index in [1.54, 1.807) is 0 Å². The Labute approximate surface area is 173 Å². The van der Waals surface area contributed by atoms with Crippen molar-refractivity contribution < 1.29 is 0 Å². The van der Waals surface area contributed by atoms with Crippen molar-refractivity contribution in [3.05, 3.63) is 60.2 Å². The first-order valence-corrected chi connectivity index (χ1v) is 9.03. The second-order valence-electron chi connectivity index (χ2n) is 6.19. The van der Waals surface area contributed by atoms with Crippen LogP contribution in [0.2, 0.25) is 0 Å². The maximum Gasteiger partial charge on any atom is 0.194 e. The van der Waals surface area contributed by atoms with Crippen molar-refractivity contribution in [2.75, 3.05) is 26.2 Å². The van der Waals surface area contributed by atoms with Crippen LogP contribution in [-0.4, -0.2) is 46.6 Å². The summed E-state index contributed by atoms with van der Waals surface area (Å²) in [6.45, 7) is 8.54. The largest absolute Gasteiger partial charge is 0.357 e. The Morgan fingerprint density at radius 3 is 2.69 bits per heavy atom. The number of benzene rings is 1. The molecule has 0 fully saturated rings. The third-order valence-electron chi connectivity index (χ3n) is 4.51. The molecule has 0 bridgehead atoms. The third-order valence-corrected chi connectivity index (χ3v) is 4.51. The van der Waals surface area contributed by atoms with E-state index >= 15 is 0 Å². The van der Waals surface area contributed by atoms with Crippen LogP contribution in [0.4, 0.5) is 0 Å². The molecule has 0 aliphatic carbocycles. The number of imidazole rings is 1. The lowest BCUT2D eigenvalue weighted by atomic mass is 10.00. The molecule has 5 nitrogen and oxygen atoms in total. The van der Waals surface area contributed by atoms with Crippen molar-refractivity contribution in [1.29, 1.82) is 0 Å². The summed E-state index contributed by atoms with van der Waals surface area (Å²) in [5, 5.41) is 3.42. The standard InChI is InChI=1S/C20H27N5.HI/c1-3-21-20(23-12-16-24-15-11-22-17(24)2)25-13-9-19(10-14-25)18-7-5-4-6-8-18;/h4-9,11,15H,3,10,12-14,16H2,1-2H3,(H,21,23);1H. The van der Waals surface area contributed by atoms with E-state index < -0.39 is 0 Å². The molecule has 2 heterocycles. The van der Waals surface area contributed by atoms with E-state index in [1.165, 1.54) is 11.1 Å². The minimum atomic E-state index is 0. The van der Waals surface area contributed by atoms with Crippen molar-refractivity contribution >= 4 is 35.5 Å². The van der Waals surface area contributed by atoms with Gasteiger partial charge in [0.2, 0.25) is 0 Å². The summed E-state index contributed by atoms with van der Waals surface area (Å²) in [4.78, 5) is 11.4. The van der Waals surface area contributed by atoms with Crippen LogP contribution in [0.25, 0.3) is 5.57 Å². The topological polar surface area (TPSA) is 45.5 Å². The number of nitrogens with zero attached hydrogens (tertiary/aromatic N) is 4. The fourth-order valence-electron chi connectivity index (χ4n) is 3.11. The average molecular weight is 465 g/mol. The summed E-state index contributed by atoms with van der Waals surface area (Å²) < 4.78 is 2.14. The summed E-state index contributed by atoms with van der Waals surface area (Å²) in [6, 6.07) is 10.7.